The predicted octanol–water partition coefficient (Wildman–Crippen LogP) is 3.57. The first-order chi connectivity index (χ1) is 13.3. The number of rotatable bonds is 6. The van der Waals surface area contributed by atoms with Crippen molar-refractivity contribution < 1.29 is 21.9 Å². The molecule has 0 saturated carbocycles. The first kappa shape index (κ1) is 20.5. The smallest absolute Gasteiger partial charge is 0.341 e. The normalized spacial score (nSPS) is 17.0. The quantitative estimate of drug-likeness (QED) is 0.729. The molecule has 2 aromatic carbocycles. The largest absolute Gasteiger partial charge is 0.497 e. The molecular weight excluding hydrogens is 386 g/mol. The molecule has 0 spiro atoms. The van der Waals surface area contributed by atoms with Crippen LogP contribution < -0.4 is 9.64 Å². The van der Waals surface area contributed by atoms with Crippen molar-refractivity contribution in [2.75, 3.05) is 38.2 Å². The number of alkyl halides is 2. The Morgan fingerprint density at radius 1 is 1.00 bits per heavy atom. The first-order valence-electron chi connectivity index (χ1n) is 9.08. The second-order valence-electron chi connectivity index (χ2n) is 6.78. The molecule has 0 aliphatic carbocycles. The summed E-state index contributed by atoms with van der Waals surface area (Å²) in [4.78, 5) is 4.16. The molecule has 1 heterocycles. The number of sulfone groups is 1. The molecule has 0 amide bonds. The third kappa shape index (κ3) is 4.28. The van der Waals surface area contributed by atoms with Crippen LogP contribution >= 0.6 is 0 Å². The Balaban J connectivity index is 1.63. The molecule has 2 aromatic rings. The van der Waals surface area contributed by atoms with Gasteiger partial charge in [0.1, 0.15) is 5.75 Å². The fourth-order valence-corrected chi connectivity index (χ4v) is 4.15. The Hall–Kier alpha value is -2.19. The molecule has 1 unspecified atom stereocenters. The Morgan fingerprint density at radius 2 is 1.64 bits per heavy atom. The number of hydrogen-bond acceptors (Lipinski definition) is 5. The van der Waals surface area contributed by atoms with E-state index in [-0.39, 0.29) is 10.9 Å². The molecule has 1 saturated heterocycles. The van der Waals surface area contributed by atoms with Crippen LogP contribution in [0.15, 0.2) is 53.4 Å². The molecule has 152 valence electrons. The lowest BCUT2D eigenvalue weighted by Gasteiger charge is -2.39. The molecule has 5 nitrogen and oxygen atoms in total. The topological polar surface area (TPSA) is 49.9 Å². The molecule has 1 atom stereocenters. The lowest BCUT2D eigenvalue weighted by Crippen LogP contribution is -2.47. The van der Waals surface area contributed by atoms with Crippen LogP contribution in [0.3, 0.4) is 0 Å². The maximum absolute atomic E-state index is 12.6. The van der Waals surface area contributed by atoms with E-state index in [0.717, 1.165) is 37.6 Å². The lowest BCUT2D eigenvalue weighted by molar-refractivity contribution is 0.198. The minimum atomic E-state index is -4.55. The first-order valence-corrected chi connectivity index (χ1v) is 10.6. The molecule has 1 aliphatic rings. The van der Waals surface area contributed by atoms with Gasteiger partial charge in [0.25, 0.3) is 0 Å². The van der Waals surface area contributed by atoms with E-state index in [4.69, 9.17) is 4.74 Å². The summed E-state index contributed by atoms with van der Waals surface area (Å²) in [5, 5.41) is 0. The van der Waals surface area contributed by atoms with Crippen LogP contribution in [0, 0.1) is 0 Å². The highest BCUT2D eigenvalue weighted by atomic mass is 32.2. The van der Waals surface area contributed by atoms with Crippen LogP contribution in [0.5, 0.6) is 5.75 Å². The van der Waals surface area contributed by atoms with Gasteiger partial charge < -0.3 is 9.64 Å². The lowest BCUT2D eigenvalue weighted by atomic mass is 10.1. The van der Waals surface area contributed by atoms with Gasteiger partial charge >= 0.3 is 5.76 Å². The molecule has 1 fully saturated rings. The molecule has 0 aromatic heterocycles. The van der Waals surface area contributed by atoms with Crippen LogP contribution in [0.25, 0.3) is 0 Å². The third-order valence-electron chi connectivity index (χ3n) is 5.20. The molecule has 3 rings (SSSR count). The summed E-state index contributed by atoms with van der Waals surface area (Å²) in [7, 11) is -2.90. The van der Waals surface area contributed by atoms with Crippen molar-refractivity contribution in [1.82, 2.24) is 4.90 Å². The summed E-state index contributed by atoms with van der Waals surface area (Å²) in [5.41, 5.74) is 2.02. The SMILES string of the molecule is COc1cccc(C(C)N2CCN(c3ccc(S(=O)(=O)C(F)F)cc3)CC2)c1. The molecule has 0 bridgehead atoms. The number of halogens is 2. The van der Waals surface area contributed by atoms with Gasteiger partial charge in [-0.3, -0.25) is 4.90 Å². The Bertz CT molecular complexity index is 896. The van der Waals surface area contributed by atoms with E-state index in [9.17, 15) is 17.2 Å². The standard InChI is InChI=1S/C20H24F2N2O3S/c1-15(16-4-3-5-18(14-16)27-2)23-10-12-24(13-11-23)17-6-8-19(9-7-17)28(25,26)20(21)22/h3-9,14-15,20H,10-13H2,1-2H3. The number of hydrogen-bond donors (Lipinski definition) is 0. The Labute approximate surface area is 164 Å². The van der Waals surface area contributed by atoms with Crippen LogP contribution in [0.4, 0.5) is 14.5 Å². The summed E-state index contributed by atoms with van der Waals surface area (Å²) in [6.45, 7) is 5.39. The summed E-state index contributed by atoms with van der Waals surface area (Å²) in [5.74, 6) is -2.57. The maximum Gasteiger partial charge on any atom is 0.341 e. The van der Waals surface area contributed by atoms with E-state index in [1.165, 1.54) is 17.7 Å². The number of methoxy groups -OCH3 is 1. The minimum absolute atomic E-state index is 0.246. The van der Waals surface area contributed by atoms with Crippen molar-refractivity contribution in [3.05, 3.63) is 54.1 Å². The molecular formula is C20H24F2N2O3S. The van der Waals surface area contributed by atoms with Crippen molar-refractivity contribution in [2.45, 2.75) is 23.6 Å². The average Bonchev–Trinajstić information content (AvgIpc) is 2.73. The zero-order valence-electron chi connectivity index (χ0n) is 15.9. The van der Waals surface area contributed by atoms with Crippen molar-refractivity contribution >= 4 is 15.5 Å². The zero-order valence-corrected chi connectivity index (χ0v) is 16.7. The average molecular weight is 410 g/mol. The van der Waals surface area contributed by atoms with E-state index >= 15 is 0 Å². The highest BCUT2D eigenvalue weighted by molar-refractivity contribution is 7.91. The number of benzene rings is 2. The van der Waals surface area contributed by atoms with Crippen molar-refractivity contribution in [1.29, 1.82) is 0 Å². The Morgan fingerprint density at radius 3 is 2.21 bits per heavy atom. The van der Waals surface area contributed by atoms with Crippen molar-refractivity contribution in [3.63, 3.8) is 0 Å². The van der Waals surface area contributed by atoms with Crippen LogP contribution in [-0.2, 0) is 9.84 Å². The summed E-state index contributed by atoms with van der Waals surface area (Å²) < 4.78 is 53.7. The zero-order chi connectivity index (χ0) is 20.3. The van der Waals surface area contributed by atoms with Crippen molar-refractivity contribution in [3.8, 4) is 5.75 Å². The van der Waals surface area contributed by atoms with Crippen LogP contribution in [0.1, 0.15) is 18.5 Å². The van der Waals surface area contributed by atoms with Gasteiger partial charge in [0.15, 0.2) is 0 Å². The van der Waals surface area contributed by atoms with Gasteiger partial charge in [-0.1, -0.05) is 12.1 Å². The Kier molecular flexibility index (Phi) is 6.20. The molecule has 28 heavy (non-hydrogen) atoms. The number of piperazine rings is 1. The van der Waals surface area contributed by atoms with Crippen LogP contribution in [-0.4, -0.2) is 52.4 Å². The third-order valence-corrected chi connectivity index (χ3v) is 6.60. The second kappa shape index (κ2) is 8.45. The van der Waals surface area contributed by atoms with Gasteiger partial charge in [-0.25, -0.2) is 8.42 Å². The fourth-order valence-electron chi connectivity index (χ4n) is 3.43. The van der Waals surface area contributed by atoms with Gasteiger partial charge in [0, 0.05) is 37.9 Å². The fraction of sp³-hybridized carbons (Fsp3) is 0.400. The van der Waals surface area contributed by atoms with Gasteiger partial charge in [-0.15, -0.1) is 0 Å². The van der Waals surface area contributed by atoms with Gasteiger partial charge in [-0.05, 0) is 48.9 Å². The monoisotopic (exact) mass is 410 g/mol. The summed E-state index contributed by atoms with van der Waals surface area (Å²) in [6.07, 6.45) is 0. The summed E-state index contributed by atoms with van der Waals surface area (Å²) in [6, 6.07) is 14.0. The highest BCUT2D eigenvalue weighted by Crippen LogP contribution is 2.27. The van der Waals surface area contributed by atoms with E-state index in [0.29, 0.717) is 0 Å². The molecule has 1 aliphatic heterocycles. The molecule has 8 heteroatoms. The maximum atomic E-state index is 12.6. The number of nitrogens with zero attached hydrogens (tertiary/aromatic N) is 2. The van der Waals surface area contributed by atoms with E-state index < -0.39 is 15.6 Å². The van der Waals surface area contributed by atoms with Gasteiger partial charge in [0.2, 0.25) is 9.84 Å². The molecule has 0 radical (unpaired) electrons. The van der Waals surface area contributed by atoms with Crippen molar-refractivity contribution in [2.24, 2.45) is 0 Å². The number of ether oxygens (including phenoxy) is 1. The minimum Gasteiger partial charge on any atom is -0.497 e. The highest BCUT2D eigenvalue weighted by Gasteiger charge is 2.27. The summed E-state index contributed by atoms with van der Waals surface area (Å²) >= 11 is 0. The number of anilines is 1. The van der Waals surface area contributed by atoms with E-state index in [1.54, 1.807) is 19.2 Å². The predicted molar refractivity (Wildman–Crippen MR) is 105 cm³/mol. The van der Waals surface area contributed by atoms with Gasteiger partial charge in [0.05, 0.1) is 12.0 Å². The second-order valence-corrected chi connectivity index (χ2v) is 8.69. The van der Waals surface area contributed by atoms with E-state index in [2.05, 4.69) is 22.8 Å². The molecule has 0 N–H and O–H groups in total. The van der Waals surface area contributed by atoms with Crippen LogP contribution in [0.2, 0.25) is 0 Å². The van der Waals surface area contributed by atoms with E-state index in [1.807, 2.05) is 18.2 Å². The van der Waals surface area contributed by atoms with Gasteiger partial charge in [-0.2, -0.15) is 8.78 Å².